The fourth-order valence-electron chi connectivity index (χ4n) is 3.00. The summed E-state index contributed by atoms with van der Waals surface area (Å²) in [7, 11) is 3.39. The van der Waals surface area contributed by atoms with Gasteiger partial charge in [-0.05, 0) is 41.8 Å². The van der Waals surface area contributed by atoms with Gasteiger partial charge >= 0.3 is 0 Å². The Morgan fingerprint density at radius 1 is 1.04 bits per heavy atom. The second-order valence-electron chi connectivity index (χ2n) is 6.09. The molecule has 134 valence electrons. The van der Waals surface area contributed by atoms with E-state index >= 15 is 0 Å². The molecule has 0 saturated carbocycles. The van der Waals surface area contributed by atoms with E-state index in [0.29, 0.717) is 5.95 Å². The highest BCUT2D eigenvalue weighted by molar-refractivity contribution is 5.83. The van der Waals surface area contributed by atoms with Crippen molar-refractivity contribution in [2.24, 2.45) is 7.05 Å². The predicted molar refractivity (Wildman–Crippen MR) is 106 cm³/mol. The van der Waals surface area contributed by atoms with Crippen LogP contribution in [0.1, 0.15) is 0 Å². The van der Waals surface area contributed by atoms with Gasteiger partial charge in [0.05, 0.1) is 18.3 Å². The van der Waals surface area contributed by atoms with Gasteiger partial charge in [-0.15, -0.1) is 0 Å². The van der Waals surface area contributed by atoms with E-state index in [9.17, 15) is 4.79 Å². The van der Waals surface area contributed by atoms with Crippen LogP contribution in [0.15, 0.2) is 71.7 Å². The topological polar surface area (TPSA) is 69.0 Å². The molecule has 0 radical (unpaired) electrons. The van der Waals surface area contributed by atoms with Crippen molar-refractivity contribution in [2.45, 2.75) is 0 Å². The minimum atomic E-state index is -0.0472. The average molecular weight is 358 g/mol. The van der Waals surface area contributed by atoms with Gasteiger partial charge in [-0.2, -0.15) is 0 Å². The van der Waals surface area contributed by atoms with E-state index in [1.54, 1.807) is 31.0 Å². The smallest absolute Gasteiger partial charge is 0.250 e. The Balaban J connectivity index is 1.70. The minimum Gasteiger partial charge on any atom is -0.496 e. The molecule has 0 spiro atoms. The number of hydrogen-bond donors (Lipinski definition) is 1. The molecule has 4 aromatic rings. The summed E-state index contributed by atoms with van der Waals surface area (Å²) < 4.78 is 7.03. The highest BCUT2D eigenvalue weighted by Crippen LogP contribution is 2.28. The lowest BCUT2D eigenvalue weighted by Crippen LogP contribution is -2.15. The third kappa shape index (κ3) is 3.25. The van der Waals surface area contributed by atoms with Crippen LogP contribution < -0.4 is 15.6 Å². The zero-order chi connectivity index (χ0) is 18.8. The number of aryl methyl sites for hydroxylation is 1. The Kier molecular flexibility index (Phi) is 4.30. The molecule has 1 N–H and O–H groups in total. The summed E-state index contributed by atoms with van der Waals surface area (Å²) in [6.07, 6.45) is 1.70. The normalized spacial score (nSPS) is 10.7. The first kappa shape index (κ1) is 16.8. The lowest BCUT2D eigenvalue weighted by molar-refractivity contribution is 0.416. The lowest BCUT2D eigenvalue weighted by atomic mass is 10.1. The number of benzene rings is 2. The number of para-hydroxylation sites is 1. The first-order valence-electron chi connectivity index (χ1n) is 8.49. The molecule has 0 amide bonds. The van der Waals surface area contributed by atoms with Gasteiger partial charge in [-0.3, -0.25) is 4.79 Å². The van der Waals surface area contributed by atoms with Gasteiger partial charge in [-0.25, -0.2) is 9.97 Å². The van der Waals surface area contributed by atoms with Gasteiger partial charge in [0, 0.05) is 30.6 Å². The van der Waals surface area contributed by atoms with Crippen LogP contribution in [0.4, 0.5) is 11.6 Å². The maximum atomic E-state index is 11.9. The van der Waals surface area contributed by atoms with Gasteiger partial charge in [0.25, 0.3) is 5.56 Å². The van der Waals surface area contributed by atoms with Crippen molar-refractivity contribution in [1.29, 1.82) is 0 Å². The summed E-state index contributed by atoms with van der Waals surface area (Å²) in [5.41, 5.74) is 3.26. The van der Waals surface area contributed by atoms with Crippen molar-refractivity contribution in [3.63, 3.8) is 0 Å². The summed E-state index contributed by atoms with van der Waals surface area (Å²) in [5.74, 6) is 1.22. The highest BCUT2D eigenvalue weighted by Gasteiger charge is 2.08. The first-order valence-corrected chi connectivity index (χ1v) is 8.49. The molecule has 27 heavy (non-hydrogen) atoms. The number of methoxy groups -OCH3 is 1. The number of nitrogens with one attached hydrogen (secondary N) is 1. The van der Waals surface area contributed by atoms with Crippen molar-refractivity contribution in [3.05, 3.63) is 77.2 Å². The number of pyridine rings is 1. The lowest BCUT2D eigenvalue weighted by Gasteiger charge is -2.11. The molecule has 0 aliphatic rings. The Hall–Kier alpha value is -3.67. The first-order chi connectivity index (χ1) is 13.2. The summed E-state index contributed by atoms with van der Waals surface area (Å²) >= 11 is 0. The maximum Gasteiger partial charge on any atom is 0.250 e. The second-order valence-corrected chi connectivity index (χ2v) is 6.09. The van der Waals surface area contributed by atoms with Gasteiger partial charge < -0.3 is 14.6 Å². The van der Waals surface area contributed by atoms with Gasteiger partial charge in [-0.1, -0.05) is 18.2 Å². The molecule has 2 aromatic carbocycles. The zero-order valence-corrected chi connectivity index (χ0v) is 15.0. The van der Waals surface area contributed by atoms with E-state index in [0.717, 1.165) is 33.6 Å². The molecule has 0 aliphatic carbocycles. The van der Waals surface area contributed by atoms with E-state index in [-0.39, 0.29) is 5.56 Å². The number of ether oxygens (including phenoxy) is 1. The van der Waals surface area contributed by atoms with Crippen LogP contribution in [0, 0.1) is 0 Å². The monoisotopic (exact) mass is 358 g/mol. The van der Waals surface area contributed by atoms with Crippen LogP contribution in [-0.2, 0) is 7.05 Å². The molecular formula is C21H18N4O2. The minimum absolute atomic E-state index is 0.0472. The van der Waals surface area contributed by atoms with Crippen LogP contribution >= 0.6 is 0 Å². The van der Waals surface area contributed by atoms with E-state index in [1.807, 2.05) is 54.6 Å². The molecule has 0 atom stereocenters. The van der Waals surface area contributed by atoms with Gasteiger partial charge in [0.15, 0.2) is 0 Å². The van der Waals surface area contributed by atoms with Crippen molar-refractivity contribution >= 4 is 22.5 Å². The Morgan fingerprint density at radius 3 is 2.70 bits per heavy atom. The zero-order valence-electron chi connectivity index (χ0n) is 15.0. The quantitative estimate of drug-likeness (QED) is 0.602. The Bertz CT molecular complexity index is 1180. The predicted octanol–water partition coefficient (Wildman–Crippen LogP) is 3.75. The van der Waals surface area contributed by atoms with E-state index in [1.165, 1.54) is 0 Å². The summed E-state index contributed by atoms with van der Waals surface area (Å²) in [6, 6.07) is 18.7. The number of aromatic nitrogens is 3. The standard InChI is InChI=1S/C21H18N4O2/c1-25-18-13-15(9-7-14(18)8-10-20(25)26)23-21-22-12-11-17(24-21)16-5-3-4-6-19(16)27-2/h3-13H,1-2H3,(H,22,23,24). The van der Waals surface area contributed by atoms with E-state index in [2.05, 4.69) is 15.3 Å². The van der Waals surface area contributed by atoms with Crippen LogP contribution in [-0.4, -0.2) is 21.6 Å². The SMILES string of the molecule is COc1ccccc1-c1ccnc(Nc2ccc3ccc(=O)n(C)c3c2)n1. The van der Waals surface area contributed by atoms with E-state index < -0.39 is 0 Å². The molecular weight excluding hydrogens is 340 g/mol. The van der Waals surface area contributed by atoms with Crippen LogP contribution in [0.5, 0.6) is 5.75 Å². The third-order valence-electron chi connectivity index (χ3n) is 4.42. The largest absolute Gasteiger partial charge is 0.496 e. The van der Waals surface area contributed by atoms with Crippen molar-refractivity contribution in [3.8, 4) is 17.0 Å². The summed E-state index contributed by atoms with van der Waals surface area (Å²) in [4.78, 5) is 20.8. The average Bonchev–Trinajstić information content (AvgIpc) is 2.71. The van der Waals surface area contributed by atoms with Gasteiger partial charge in [0.1, 0.15) is 5.75 Å². The number of nitrogens with zero attached hydrogens (tertiary/aromatic N) is 3. The van der Waals surface area contributed by atoms with Crippen molar-refractivity contribution < 1.29 is 4.74 Å². The summed E-state index contributed by atoms with van der Waals surface area (Å²) in [6.45, 7) is 0. The molecule has 0 bridgehead atoms. The van der Waals surface area contributed by atoms with Crippen LogP contribution in [0.3, 0.4) is 0 Å². The fraction of sp³-hybridized carbons (Fsp3) is 0.0952. The third-order valence-corrected chi connectivity index (χ3v) is 4.42. The molecule has 2 aromatic heterocycles. The molecule has 0 fully saturated rings. The molecule has 2 heterocycles. The Morgan fingerprint density at radius 2 is 1.85 bits per heavy atom. The molecule has 6 nitrogen and oxygen atoms in total. The number of rotatable bonds is 4. The number of hydrogen-bond acceptors (Lipinski definition) is 5. The molecule has 4 rings (SSSR count). The summed E-state index contributed by atoms with van der Waals surface area (Å²) in [5, 5.41) is 4.20. The van der Waals surface area contributed by atoms with Crippen LogP contribution in [0.25, 0.3) is 22.2 Å². The Labute approximate surface area is 156 Å². The van der Waals surface area contributed by atoms with Gasteiger partial charge in [0.2, 0.25) is 5.95 Å². The number of fused-ring (bicyclic) bond motifs is 1. The fourth-order valence-corrected chi connectivity index (χ4v) is 3.00. The molecule has 0 unspecified atom stereocenters. The number of anilines is 2. The van der Waals surface area contributed by atoms with Crippen molar-refractivity contribution in [2.75, 3.05) is 12.4 Å². The highest BCUT2D eigenvalue weighted by atomic mass is 16.5. The second kappa shape index (κ2) is 6.92. The molecule has 0 aliphatic heterocycles. The molecule has 0 saturated heterocycles. The van der Waals surface area contributed by atoms with E-state index in [4.69, 9.17) is 4.74 Å². The van der Waals surface area contributed by atoms with Crippen molar-refractivity contribution in [1.82, 2.24) is 14.5 Å². The van der Waals surface area contributed by atoms with Crippen LogP contribution in [0.2, 0.25) is 0 Å². The maximum absolute atomic E-state index is 11.9. The molecule has 6 heteroatoms.